The maximum atomic E-state index is 9.30. The van der Waals surface area contributed by atoms with Gasteiger partial charge in [0.15, 0.2) is 11.5 Å². The second-order valence-corrected chi connectivity index (χ2v) is 3.81. The second kappa shape index (κ2) is 5.75. The fourth-order valence-electron chi connectivity index (χ4n) is 1.93. The van der Waals surface area contributed by atoms with Crippen molar-refractivity contribution in [3.05, 3.63) is 23.3 Å². The number of methoxy groups -OCH3 is 2. The van der Waals surface area contributed by atoms with E-state index in [4.69, 9.17) is 9.47 Å². The summed E-state index contributed by atoms with van der Waals surface area (Å²) >= 11 is 0. The van der Waals surface area contributed by atoms with Gasteiger partial charge >= 0.3 is 0 Å². The van der Waals surface area contributed by atoms with E-state index in [0.29, 0.717) is 0 Å². The van der Waals surface area contributed by atoms with E-state index in [-0.39, 0.29) is 12.5 Å². The Labute approximate surface area is 97.0 Å². The molecule has 1 atom stereocenters. The van der Waals surface area contributed by atoms with Crippen LogP contribution in [0.15, 0.2) is 12.1 Å². The summed E-state index contributed by atoms with van der Waals surface area (Å²) in [4.78, 5) is 0. The highest BCUT2D eigenvalue weighted by Crippen LogP contribution is 2.38. The number of hydrogen-bond donors (Lipinski definition) is 1. The molecule has 1 N–H and O–H groups in total. The van der Waals surface area contributed by atoms with E-state index in [1.54, 1.807) is 14.2 Å². The fraction of sp³-hybridized carbons (Fsp3) is 0.538. The van der Waals surface area contributed by atoms with E-state index < -0.39 is 0 Å². The summed E-state index contributed by atoms with van der Waals surface area (Å²) in [7, 11) is 3.25. The fourth-order valence-corrected chi connectivity index (χ4v) is 1.93. The van der Waals surface area contributed by atoms with Crippen LogP contribution in [0.5, 0.6) is 11.5 Å². The van der Waals surface area contributed by atoms with Crippen molar-refractivity contribution in [1.82, 2.24) is 0 Å². The summed E-state index contributed by atoms with van der Waals surface area (Å²) in [5, 5.41) is 9.30. The molecule has 0 heterocycles. The van der Waals surface area contributed by atoms with E-state index >= 15 is 0 Å². The summed E-state index contributed by atoms with van der Waals surface area (Å²) in [5.41, 5.74) is 2.24. The van der Waals surface area contributed by atoms with Crippen LogP contribution < -0.4 is 9.47 Å². The summed E-state index contributed by atoms with van der Waals surface area (Å²) in [6, 6.07) is 3.94. The number of aliphatic hydroxyl groups excluding tert-OH is 1. The zero-order valence-electron chi connectivity index (χ0n) is 10.4. The molecule has 16 heavy (non-hydrogen) atoms. The molecule has 0 bridgehead atoms. The molecule has 1 rings (SSSR count). The Morgan fingerprint density at radius 3 is 2.38 bits per heavy atom. The first-order chi connectivity index (χ1) is 7.69. The molecule has 1 aromatic carbocycles. The predicted octanol–water partition coefficient (Wildman–Crippen LogP) is 2.36. The van der Waals surface area contributed by atoms with Gasteiger partial charge in [-0.2, -0.15) is 0 Å². The van der Waals surface area contributed by atoms with Crippen molar-refractivity contribution in [2.24, 2.45) is 0 Å². The number of rotatable bonds is 5. The molecule has 0 aromatic heterocycles. The first-order valence-electron chi connectivity index (χ1n) is 5.54. The molecule has 0 fully saturated rings. The van der Waals surface area contributed by atoms with E-state index in [1.165, 1.54) is 5.56 Å². The van der Waals surface area contributed by atoms with Gasteiger partial charge in [-0.05, 0) is 18.1 Å². The maximum absolute atomic E-state index is 9.30. The smallest absolute Gasteiger partial charge is 0.164 e. The van der Waals surface area contributed by atoms with Gasteiger partial charge in [0, 0.05) is 18.1 Å². The molecule has 0 amide bonds. The lowest BCUT2D eigenvalue weighted by atomic mass is 9.93. The average Bonchev–Trinajstić information content (AvgIpc) is 2.35. The lowest BCUT2D eigenvalue weighted by molar-refractivity contribution is 0.267. The largest absolute Gasteiger partial charge is 0.493 e. The quantitative estimate of drug-likeness (QED) is 0.834. The Morgan fingerprint density at radius 2 is 1.94 bits per heavy atom. The van der Waals surface area contributed by atoms with Gasteiger partial charge in [-0.25, -0.2) is 0 Å². The van der Waals surface area contributed by atoms with Gasteiger partial charge < -0.3 is 14.6 Å². The molecule has 90 valence electrons. The third kappa shape index (κ3) is 2.30. The highest BCUT2D eigenvalue weighted by atomic mass is 16.5. The molecule has 0 saturated carbocycles. The monoisotopic (exact) mass is 224 g/mol. The van der Waals surface area contributed by atoms with E-state index in [9.17, 15) is 5.11 Å². The molecule has 0 radical (unpaired) electrons. The Bertz CT molecular complexity index is 347. The molecule has 3 heteroatoms. The van der Waals surface area contributed by atoms with Crippen molar-refractivity contribution in [2.75, 3.05) is 20.8 Å². The Kier molecular flexibility index (Phi) is 4.62. The third-order valence-corrected chi connectivity index (χ3v) is 2.82. The van der Waals surface area contributed by atoms with Crippen molar-refractivity contribution in [3.63, 3.8) is 0 Å². The molecule has 0 spiro atoms. The van der Waals surface area contributed by atoms with Crippen LogP contribution in [-0.2, 0) is 6.42 Å². The number of aryl methyl sites for hydroxylation is 1. The molecular formula is C13H20O3. The van der Waals surface area contributed by atoms with Gasteiger partial charge in [0.1, 0.15) is 0 Å². The molecule has 0 saturated heterocycles. The lowest BCUT2D eigenvalue weighted by Gasteiger charge is -2.19. The van der Waals surface area contributed by atoms with Crippen LogP contribution in [0.25, 0.3) is 0 Å². The second-order valence-electron chi connectivity index (χ2n) is 3.81. The maximum Gasteiger partial charge on any atom is 0.164 e. The van der Waals surface area contributed by atoms with Crippen LogP contribution in [0, 0.1) is 0 Å². The summed E-state index contributed by atoms with van der Waals surface area (Å²) < 4.78 is 10.7. The summed E-state index contributed by atoms with van der Waals surface area (Å²) in [6.07, 6.45) is 0.917. The minimum absolute atomic E-state index is 0.0556. The van der Waals surface area contributed by atoms with Crippen LogP contribution in [0.2, 0.25) is 0 Å². The van der Waals surface area contributed by atoms with Crippen molar-refractivity contribution in [2.45, 2.75) is 26.2 Å². The van der Waals surface area contributed by atoms with Crippen LogP contribution in [0.3, 0.4) is 0 Å². The molecule has 3 nitrogen and oxygen atoms in total. The van der Waals surface area contributed by atoms with Crippen molar-refractivity contribution in [3.8, 4) is 11.5 Å². The van der Waals surface area contributed by atoms with Gasteiger partial charge in [-0.1, -0.05) is 19.9 Å². The highest BCUT2D eigenvalue weighted by Gasteiger charge is 2.18. The lowest BCUT2D eigenvalue weighted by Crippen LogP contribution is -2.07. The zero-order chi connectivity index (χ0) is 12.1. The number of hydrogen-bond acceptors (Lipinski definition) is 3. The van der Waals surface area contributed by atoms with Crippen molar-refractivity contribution >= 4 is 0 Å². The van der Waals surface area contributed by atoms with E-state index in [0.717, 1.165) is 23.5 Å². The first-order valence-corrected chi connectivity index (χ1v) is 5.54. The standard InChI is InChI=1S/C13H20O3/c1-5-10-6-7-11(15-3)13(16-4)12(10)9(2)8-14/h6-7,9,14H,5,8H2,1-4H3. The van der Waals surface area contributed by atoms with Gasteiger partial charge in [-0.3, -0.25) is 0 Å². The van der Waals surface area contributed by atoms with Crippen molar-refractivity contribution < 1.29 is 14.6 Å². The Balaban J connectivity index is 3.36. The van der Waals surface area contributed by atoms with Crippen LogP contribution >= 0.6 is 0 Å². The third-order valence-electron chi connectivity index (χ3n) is 2.82. The number of benzene rings is 1. The molecule has 1 aromatic rings. The van der Waals surface area contributed by atoms with Crippen LogP contribution in [0.1, 0.15) is 30.9 Å². The topological polar surface area (TPSA) is 38.7 Å². The first kappa shape index (κ1) is 12.8. The normalized spacial score (nSPS) is 12.3. The SMILES string of the molecule is CCc1ccc(OC)c(OC)c1C(C)CO. The number of ether oxygens (including phenoxy) is 2. The van der Waals surface area contributed by atoms with E-state index in [1.807, 2.05) is 19.1 Å². The molecule has 0 aliphatic carbocycles. The van der Waals surface area contributed by atoms with Gasteiger partial charge in [0.05, 0.1) is 14.2 Å². The Hall–Kier alpha value is -1.22. The Morgan fingerprint density at radius 1 is 1.25 bits per heavy atom. The van der Waals surface area contributed by atoms with Crippen LogP contribution in [0.4, 0.5) is 0 Å². The summed E-state index contributed by atoms with van der Waals surface area (Å²) in [5.74, 6) is 1.51. The average molecular weight is 224 g/mol. The summed E-state index contributed by atoms with van der Waals surface area (Å²) in [6.45, 7) is 4.18. The minimum Gasteiger partial charge on any atom is -0.493 e. The van der Waals surface area contributed by atoms with Gasteiger partial charge in [0.25, 0.3) is 0 Å². The number of aliphatic hydroxyl groups is 1. The molecule has 0 aliphatic rings. The molecular weight excluding hydrogens is 204 g/mol. The zero-order valence-corrected chi connectivity index (χ0v) is 10.4. The molecule has 1 unspecified atom stereocenters. The minimum atomic E-state index is 0.0556. The highest BCUT2D eigenvalue weighted by molar-refractivity contribution is 5.52. The molecule has 0 aliphatic heterocycles. The van der Waals surface area contributed by atoms with Crippen LogP contribution in [-0.4, -0.2) is 25.9 Å². The van der Waals surface area contributed by atoms with E-state index in [2.05, 4.69) is 6.92 Å². The van der Waals surface area contributed by atoms with Gasteiger partial charge in [-0.15, -0.1) is 0 Å². The van der Waals surface area contributed by atoms with Gasteiger partial charge in [0.2, 0.25) is 0 Å². The predicted molar refractivity (Wildman–Crippen MR) is 64.4 cm³/mol. The van der Waals surface area contributed by atoms with Crippen molar-refractivity contribution in [1.29, 1.82) is 0 Å².